The van der Waals surface area contributed by atoms with Gasteiger partial charge < -0.3 is 4.74 Å². The van der Waals surface area contributed by atoms with Gasteiger partial charge in [-0.3, -0.25) is 9.67 Å². The van der Waals surface area contributed by atoms with Gasteiger partial charge in [0.2, 0.25) is 10.0 Å². The van der Waals surface area contributed by atoms with Crippen molar-refractivity contribution in [1.82, 2.24) is 14.8 Å². The van der Waals surface area contributed by atoms with E-state index in [1.807, 2.05) is 31.2 Å². The van der Waals surface area contributed by atoms with E-state index >= 15 is 0 Å². The topological polar surface area (TPSA) is 103 Å². The molecule has 0 aliphatic carbocycles. The van der Waals surface area contributed by atoms with Gasteiger partial charge in [0.25, 0.3) is 0 Å². The van der Waals surface area contributed by atoms with E-state index in [-0.39, 0.29) is 4.90 Å². The highest BCUT2D eigenvalue weighted by molar-refractivity contribution is 7.89. The number of ether oxygens (including phenoxy) is 1. The number of hydrogen-bond donors (Lipinski definition) is 2. The lowest BCUT2D eigenvalue weighted by molar-refractivity contribution is 0.340. The Balaban J connectivity index is 2.04. The summed E-state index contributed by atoms with van der Waals surface area (Å²) in [7, 11) is -3.74. The Morgan fingerprint density at radius 1 is 1.16 bits per heavy atom. The molecule has 0 aliphatic rings. The predicted octanol–water partition coefficient (Wildman–Crippen LogP) is 2.64. The average Bonchev–Trinajstić information content (AvgIpc) is 2.97. The molecule has 1 heterocycles. The van der Waals surface area contributed by atoms with E-state index in [1.165, 1.54) is 12.1 Å². The summed E-state index contributed by atoms with van der Waals surface area (Å²) >= 11 is 5.31. The van der Waals surface area contributed by atoms with Crippen LogP contribution in [-0.4, -0.2) is 29.8 Å². The zero-order valence-corrected chi connectivity index (χ0v) is 15.0. The summed E-state index contributed by atoms with van der Waals surface area (Å²) in [6.07, 6.45) is 0. The van der Waals surface area contributed by atoms with Crippen LogP contribution in [0, 0.1) is 4.77 Å². The Hall–Kier alpha value is -2.49. The molecule has 7 nitrogen and oxygen atoms in total. The van der Waals surface area contributed by atoms with E-state index in [0.717, 1.165) is 11.3 Å². The smallest absolute Gasteiger partial charge is 0.238 e. The molecule has 0 amide bonds. The normalized spacial score (nSPS) is 11.4. The van der Waals surface area contributed by atoms with Crippen LogP contribution in [0.4, 0.5) is 0 Å². The van der Waals surface area contributed by atoms with Gasteiger partial charge in [-0.1, -0.05) is 0 Å². The van der Waals surface area contributed by atoms with E-state index in [2.05, 4.69) is 10.2 Å². The Labute approximate surface area is 150 Å². The second-order valence-electron chi connectivity index (χ2n) is 5.18. The van der Waals surface area contributed by atoms with Gasteiger partial charge in [0.1, 0.15) is 5.75 Å². The van der Waals surface area contributed by atoms with Crippen molar-refractivity contribution >= 4 is 22.2 Å². The number of nitrogens with zero attached hydrogens (tertiary/aromatic N) is 2. The van der Waals surface area contributed by atoms with Gasteiger partial charge >= 0.3 is 0 Å². The van der Waals surface area contributed by atoms with Gasteiger partial charge in [-0.05, 0) is 67.7 Å². The van der Waals surface area contributed by atoms with Gasteiger partial charge in [0.05, 0.1) is 17.2 Å². The monoisotopic (exact) mass is 376 g/mol. The second-order valence-corrected chi connectivity index (χ2v) is 7.13. The van der Waals surface area contributed by atoms with Gasteiger partial charge in [-0.15, -0.1) is 0 Å². The summed E-state index contributed by atoms with van der Waals surface area (Å²) in [6.45, 7) is 2.51. The fourth-order valence-corrected chi connectivity index (χ4v) is 3.13. The number of primary sulfonamides is 1. The van der Waals surface area contributed by atoms with E-state index in [1.54, 1.807) is 16.7 Å². The van der Waals surface area contributed by atoms with Crippen molar-refractivity contribution < 1.29 is 13.2 Å². The van der Waals surface area contributed by atoms with Crippen LogP contribution in [0.15, 0.2) is 53.4 Å². The maximum atomic E-state index is 11.4. The van der Waals surface area contributed by atoms with Gasteiger partial charge in [-0.25, -0.2) is 13.6 Å². The third-order valence-corrected chi connectivity index (χ3v) is 4.72. The molecule has 0 saturated heterocycles. The predicted molar refractivity (Wildman–Crippen MR) is 96.7 cm³/mol. The molecule has 0 unspecified atom stereocenters. The second kappa shape index (κ2) is 6.79. The molecule has 0 saturated carbocycles. The summed E-state index contributed by atoms with van der Waals surface area (Å²) in [5.41, 5.74) is 1.52. The van der Waals surface area contributed by atoms with Crippen LogP contribution >= 0.6 is 12.2 Å². The minimum atomic E-state index is -3.74. The van der Waals surface area contributed by atoms with Crippen LogP contribution in [0.25, 0.3) is 17.1 Å². The van der Waals surface area contributed by atoms with Gasteiger partial charge in [0.15, 0.2) is 10.6 Å². The first-order valence-corrected chi connectivity index (χ1v) is 9.39. The lowest BCUT2D eigenvalue weighted by Gasteiger charge is -2.09. The van der Waals surface area contributed by atoms with Gasteiger partial charge in [-0.2, -0.15) is 5.10 Å². The Kier molecular flexibility index (Phi) is 4.71. The molecule has 0 aliphatic heterocycles. The van der Waals surface area contributed by atoms with Crippen LogP contribution in [0.3, 0.4) is 0 Å². The molecular weight excluding hydrogens is 360 g/mol. The molecule has 3 N–H and O–H groups in total. The van der Waals surface area contributed by atoms with Crippen molar-refractivity contribution in [3.63, 3.8) is 0 Å². The molecular formula is C16H16N4O3S2. The fourth-order valence-electron chi connectivity index (χ4n) is 2.38. The zero-order chi connectivity index (χ0) is 18.0. The number of aromatic nitrogens is 3. The number of nitrogens with one attached hydrogen (secondary N) is 1. The van der Waals surface area contributed by atoms with Crippen molar-refractivity contribution in [2.45, 2.75) is 11.8 Å². The highest BCUT2D eigenvalue weighted by atomic mass is 32.2. The molecule has 9 heteroatoms. The summed E-state index contributed by atoms with van der Waals surface area (Å²) in [6, 6.07) is 13.6. The summed E-state index contributed by atoms with van der Waals surface area (Å²) in [4.78, 5) is 0.0360. The van der Waals surface area contributed by atoms with E-state index in [4.69, 9.17) is 22.1 Å². The van der Waals surface area contributed by atoms with E-state index in [9.17, 15) is 8.42 Å². The lowest BCUT2D eigenvalue weighted by Crippen LogP contribution is -2.12. The van der Waals surface area contributed by atoms with Crippen molar-refractivity contribution in [3.05, 3.63) is 53.3 Å². The quantitative estimate of drug-likeness (QED) is 0.666. The largest absolute Gasteiger partial charge is 0.494 e. The number of rotatable bonds is 5. The van der Waals surface area contributed by atoms with Crippen LogP contribution in [-0.2, 0) is 10.0 Å². The standard InChI is InChI=1S/C16H16N4O3S2/c1-2-23-13-7-3-11(4-8-13)15-18-19-16(24)20(15)12-5-9-14(10-6-12)25(17,21)22/h3-10H,2H2,1H3,(H,19,24)(H2,17,21,22). The van der Waals surface area contributed by atoms with Crippen molar-refractivity contribution in [3.8, 4) is 22.8 Å². The third-order valence-electron chi connectivity index (χ3n) is 3.52. The van der Waals surface area contributed by atoms with Crippen LogP contribution in [0.2, 0.25) is 0 Å². The molecule has 3 aromatic rings. The minimum absolute atomic E-state index is 0.0360. The molecule has 130 valence electrons. The first-order valence-electron chi connectivity index (χ1n) is 7.44. The summed E-state index contributed by atoms with van der Waals surface area (Å²) in [5.74, 6) is 1.38. The number of benzene rings is 2. The molecule has 0 spiro atoms. The van der Waals surface area contributed by atoms with Gasteiger partial charge in [0, 0.05) is 5.56 Å². The Morgan fingerprint density at radius 3 is 2.36 bits per heavy atom. The van der Waals surface area contributed by atoms with Crippen molar-refractivity contribution in [1.29, 1.82) is 0 Å². The van der Waals surface area contributed by atoms with E-state index < -0.39 is 10.0 Å². The number of aromatic amines is 1. The highest BCUT2D eigenvalue weighted by Crippen LogP contribution is 2.24. The zero-order valence-electron chi connectivity index (χ0n) is 13.3. The highest BCUT2D eigenvalue weighted by Gasteiger charge is 2.13. The van der Waals surface area contributed by atoms with Crippen molar-refractivity contribution in [2.24, 2.45) is 5.14 Å². The number of hydrogen-bond acceptors (Lipinski definition) is 5. The molecule has 3 rings (SSSR count). The van der Waals surface area contributed by atoms with Crippen LogP contribution in [0.1, 0.15) is 6.92 Å². The average molecular weight is 376 g/mol. The maximum absolute atomic E-state index is 11.4. The number of nitrogens with two attached hydrogens (primary N) is 1. The molecule has 0 atom stereocenters. The van der Waals surface area contributed by atoms with E-state index in [0.29, 0.717) is 22.9 Å². The first-order chi connectivity index (χ1) is 11.9. The minimum Gasteiger partial charge on any atom is -0.494 e. The molecule has 1 aromatic heterocycles. The Morgan fingerprint density at radius 2 is 1.80 bits per heavy atom. The summed E-state index contributed by atoms with van der Waals surface area (Å²) in [5, 5.41) is 12.2. The first kappa shape index (κ1) is 17.3. The molecule has 0 bridgehead atoms. The maximum Gasteiger partial charge on any atom is 0.238 e. The Bertz CT molecular complexity index is 1040. The lowest BCUT2D eigenvalue weighted by atomic mass is 10.2. The number of H-pyrrole nitrogens is 1. The molecule has 25 heavy (non-hydrogen) atoms. The van der Waals surface area contributed by atoms with Crippen molar-refractivity contribution in [2.75, 3.05) is 6.61 Å². The van der Waals surface area contributed by atoms with Crippen LogP contribution in [0.5, 0.6) is 5.75 Å². The molecule has 2 aromatic carbocycles. The summed E-state index contributed by atoms with van der Waals surface area (Å²) < 4.78 is 30.3. The molecule has 0 radical (unpaired) electrons. The van der Waals surface area contributed by atoms with Crippen LogP contribution < -0.4 is 9.88 Å². The third kappa shape index (κ3) is 3.63. The number of sulfonamides is 1. The molecule has 0 fully saturated rings. The SMILES string of the molecule is CCOc1ccc(-c2n[nH]c(=S)n2-c2ccc(S(N)(=O)=O)cc2)cc1. The fraction of sp³-hybridized carbons (Fsp3) is 0.125.